The number of anilines is 1. The number of pyridine rings is 1. The number of aromatic nitrogens is 1. The van der Waals surface area contributed by atoms with Crippen molar-refractivity contribution in [3.8, 4) is 0 Å². The predicted octanol–water partition coefficient (Wildman–Crippen LogP) is 10.2. The fourth-order valence-corrected chi connectivity index (χ4v) is 12.9. The number of rotatable bonds is 8. The molecule has 5 aliphatic carbocycles. The molecule has 6 rings (SSSR count). The van der Waals surface area contributed by atoms with E-state index < -0.39 is 16.4 Å². The first-order valence-electron chi connectivity index (χ1n) is 21.0. The summed E-state index contributed by atoms with van der Waals surface area (Å²) in [5.74, 6) is 1.09. The number of allylic oxidation sites excluding steroid dienone is 3. The molecular formula is C47H68N2O6. The van der Waals surface area contributed by atoms with Gasteiger partial charge in [-0.3, -0.25) is 19.2 Å². The lowest BCUT2D eigenvalue weighted by Gasteiger charge is -2.72. The van der Waals surface area contributed by atoms with Gasteiger partial charge in [0.1, 0.15) is 17.5 Å². The molecule has 0 aliphatic heterocycles. The van der Waals surface area contributed by atoms with E-state index in [1.54, 1.807) is 32.2 Å². The molecule has 8 nitrogen and oxygen atoms in total. The minimum absolute atomic E-state index is 0.00174. The number of hydrogen-bond acceptors (Lipinski definition) is 7. The van der Waals surface area contributed by atoms with E-state index >= 15 is 0 Å². The highest BCUT2D eigenvalue weighted by molar-refractivity contribution is 6.02. The van der Waals surface area contributed by atoms with Gasteiger partial charge < -0.3 is 14.8 Å². The first kappa shape index (κ1) is 41.3. The maximum atomic E-state index is 14.0. The summed E-state index contributed by atoms with van der Waals surface area (Å²) in [6.07, 6.45) is 13.5. The Morgan fingerprint density at radius 3 is 2.25 bits per heavy atom. The van der Waals surface area contributed by atoms with Crippen LogP contribution in [0.15, 0.2) is 47.7 Å². The van der Waals surface area contributed by atoms with Gasteiger partial charge in [-0.2, -0.15) is 0 Å². The summed E-state index contributed by atoms with van der Waals surface area (Å²) in [7, 11) is 0. The normalized spacial score (nSPS) is 35.8. The molecule has 4 fully saturated rings. The van der Waals surface area contributed by atoms with Gasteiger partial charge in [0.15, 0.2) is 5.78 Å². The Bertz CT molecular complexity index is 1770. The molecule has 8 atom stereocenters. The Hall–Kier alpha value is -3.29. The third-order valence-corrected chi connectivity index (χ3v) is 15.7. The van der Waals surface area contributed by atoms with E-state index in [0.29, 0.717) is 24.1 Å². The zero-order valence-corrected chi connectivity index (χ0v) is 35.8. The van der Waals surface area contributed by atoms with Crippen LogP contribution < -0.4 is 5.32 Å². The lowest BCUT2D eigenvalue weighted by molar-refractivity contribution is -0.232. The van der Waals surface area contributed by atoms with E-state index in [1.807, 2.05) is 32.9 Å². The molecule has 1 N–H and O–H groups in total. The minimum Gasteiger partial charge on any atom is -0.462 e. The molecule has 0 radical (unpaired) electrons. The van der Waals surface area contributed by atoms with Crippen molar-refractivity contribution >= 4 is 29.4 Å². The summed E-state index contributed by atoms with van der Waals surface area (Å²) >= 11 is 0. The van der Waals surface area contributed by atoms with E-state index in [0.717, 1.165) is 56.9 Å². The Morgan fingerprint density at radius 1 is 0.909 bits per heavy atom. The summed E-state index contributed by atoms with van der Waals surface area (Å²) in [4.78, 5) is 57.9. The van der Waals surface area contributed by atoms with Gasteiger partial charge in [-0.05, 0) is 149 Å². The van der Waals surface area contributed by atoms with Crippen molar-refractivity contribution in [1.82, 2.24) is 4.98 Å². The van der Waals surface area contributed by atoms with Crippen molar-refractivity contribution in [2.75, 3.05) is 5.32 Å². The van der Waals surface area contributed by atoms with Gasteiger partial charge >= 0.3 is 11.9 Å². The van der Waals surface area contributed by atoms with Crippen LogP contribution in [-0.4, -0.2) is 40.3 Å². The molecular weight excluding hydrogens is 689 g/mol. The van der Waals surface area contributed by atoms with Crippen LogP contribution in [0.1, 0.15) is 147 Å². The number of ketones is 1. The Labute approximate surface area is 330 Å². The molecule has 8 heteroatoms. The van der Waals surface area contributed by atoms with Crippen molar-refractivity contribution < 1.29 is 28.7 Å². The summed E-state index contributed by atoms with van der Waals surface area (Å²) in [5.41, 5.74) is 0.183. The summed E-state index contributed by atoms with van der Waals surface area (Å²) < 4.78 is 12.0. The second-order valence-electron chi connectivity index (χ2n) is 21.3. The van der Waals surface area contributed by atoms with Crippen molar-refractivity contribution in [2.24, 2.45) is 56.2 Å². The van der Waals surface area contributed by atoms with Crippen LogP contribution in [0.2, 0.25) is 0 Å². The number of Topliss-reactive ketones (excluding diaryl/α,β-unsaturated/α-hetero) is 1. The van der Waals surface area contributed by atoms with Crippen LogP contribution in [0, 0.1) is 56.2 Å². The molecule has 55 heavy (non-hydrogen) atoms. The average Bonchev–Trinajstić information content (AvgIpc) is 3.37. The molecule has 1 amide bonds. The number of fused-ring (bicyclic) bond motifs is 7. The van der Waals surface area contributed by atoms with E-state index in [-0.39, 0.29) is 69.6 Å². The van der Waals surface area contributed by atoms with Crippen LogP contribution in [0.3, 0.4) is 0 Å². The second-order valence-corrected chi connectivity index (χ2v) is 21.3. The Balaban J connectivity index is 1.24. The maximum absolute atomic E-state index is 14.0. The first-order chi connectivity index (χ1) is 25.4. The largest absolute Gasteiger partial charge is 0.462 e. The van der Waals surface area contributed by atoms with Crippen molar-refractivity contribution in [3.05, 3.63) is 47.7 Å². The van der Waals surface area contributed by atoms with Gasteiger partial charge in [0.25, 0.3) is 0 Å². The molecule has 302 valence electrons. The fraction of sp³-hybridized carbons (Fsp3) is 0.723. The minimum atomic E-state index is -0.980. The number of nitrogens with one attached hydrogen (secondary N) is 1. The van der Waals surface area contributed by atoms with E-state index in [1.165, 1.54) is 5.57 Å². The van der Waals surface area contributed by atoms with E-state index in [9.17, 15) is 19.2 Å². The molecule has 1 heterocycles. The van der Waals surface area contributed by atoms with Gasteiger partial charge in [0, 0.05) is 29.5 Å². The molecule has 0 unspecified atom stereocenters. The van der Waals surface area contributed by atoms with Crippen molar-refractivity contribution in [2.45, 2.75) is 159 Å². The quantitative estimate of drug-likeness (QED) is 0.208. The van der Waals surface area contributed by atoms with Crippen molar-refractivity contribution in [1.29, 1.82) is 0 Å². The third kappa shape index (κ3) is 7.04. The van der Waals surface area contributed by atoms with Gasteiger partial charge in [0.2, 0.25) is 5.91 Å². The summed E-state index contributed by atoms with van der Waals surface area (Å²) in [5, 5.41) is 2.90. The smallest absolute Gasteiger partial charge is 0.312 e. The van der Waals surface area contributed by atoms with Crippen LogP contribution >= 0.6 is 0 Å². The highest BCUT2D eigenvalue weighted by atomic mass is 16.6. The van der Waals surface area contributed by atoms with Crippen molar-refractivity contribution in [3.63, 3.8) is 0 Å². The molecule has 4 saturated carbocycles. The lowest BCUT2D eigenvalue weighted by atomic mass is 9.33. The fourth-order valence-electron chi connectivity index (χ4n) is 12.9. The summed E-state index contributed by atoms with van der Waals surface area (Å²) in [6.45, 7) is 25.6. The molecule has 0 aromatic carbocycles. The average molecular weight is 757 g/mol. The molecule has 5 aliphatic rings. The number of hydrogen-bond donors (Lipinski definition) is 1. The van der Waals surface area contributed by atoms with Gasteiger partial charge in [0.05, 0.1) is 11.8 Å². The van der Waals surface area contributed by atoms with E-state index in [2.05, 4.69) is 64.8 Å². The molecule has 0 bridgehead atoms. The topological polar surface area (TPSA) is 112 Å². The first-order valence-corrected chi connectivity index (χ1v) is 21.0. The standard InChI is InChI=1S/C47H68N2O6/c1-29(2)38-31(50)27-47(23-20-36(51)49-35-15-13-14-26-48-35)25-24-45(11)30(39(38)47)16-17-33-44(10)21-19-34(43(8,9)32(44)18-22-46(33,45)12)54-37(52)28-42(6,7)40(53)55-41(3,4)5/h13-15,20,23,26,29-30,32-34H,16-19,21-22,24-25,27-28H2,1-12H3,(H,48,49,51)/b23-20+/t30-,32+,33-,34+,44+,45-,46-,47+/m1/s1. The van der Waals surface area contributed by atoms with Gasteiger partial charge in [-0.15, -0.1) is 0 Å². The number of amides is 1. The van der Waals surface area contributed by atoms with Crippen LogP contribution in [0.4, 0.5) is 5.82 Å². The number of ether oxygens (including phenoxy) is 2. The molecule has 0 saturated heterocycles. The van der Waals surface area contributed by atoms with Crippen LogP contribution in [-0.2, 0) is 28.7 Å². The Morgan fingerprint density at radius 2 is 1.62 bits per heavy atom. The molecule has 0 spiro atoms. The number of carbonyl (C=O) groups excluding carboxylic acids is 4. The SMILES string of the molecule is CC(C)C1=C2[C@H]3CC[C@@H]4[C@@]5(C)CC[C@H](OC(=O)CC(C)(C)C(=O)OC(C)(C)C)C(C)(C)[C@@H]5CC[C@@]4(C)[C@]3(C)CC[C@@]2(/C=C/C(=O)Nc2ccccn2)CC1=O. The predicted molar refractivity (Wildman–Crippen MR) is 216 cm³/mol. The number of carbonyl (C=O) groups is 4. The molecule has 1 aromatic rings. The third-order valence-electron chi connectivity index (χ3n) is 15.7. The highest BCUT2D eigenvalue weighted by Crippen LogP contribution is 2.77. The molecule has 1 aromatic heterocycles. The van der Waals surface area contributed by atoms with Crippen LogP contribution in [0.25, 0.3) is 0 Å². The second kappa shape index (κ2) is 14.0. The zero-order chi connectivity index (χ0) is 40.6. The maximum Gasteiger partial charge on any atom is 0.312 e. The number of esters is 2. The highest BCUT2D eigenvalue weighted by Gasteiger charge is 2.70. The lowest BCUT2D eigenvalue weighted by Crippen LogP contribution is -2.65. The monoisotopic (exact) mass is 757 g/mol. The van der Waals surface area contributed by atoms with E-state index in [4.69, 9.17) is 9.47 Å². The van der Waals surface area contributed by atoms with Gasteiger partial charge in [-0.1, -0.05) is 60.6 Å². The van der Waals surface area contributed by atoms with Crippen LogP contribution in [0.5, 0.6) is 0 Å². The Kier molecular flexibility index (Phi) is 10.5. The zero-order valence-electron chi connectivity index (χ0n) is 35.8. The summed E-state index contributed by atoms with van der Waals surface area (Å²) in [6, 6.07) is 5.45. The van der Waals surface area contributed by atoms with Gasteiger partial charge in [-0.25, -0.2) is 4.98 Å². The number of nitrogens with zero attached hydrogens (tertiary/aromatic N) is 1.